The summed E-state index contributed by atoms with van der Waals surface area (Å²) < 4.78 is 23.1. The van der Waals surface area contributed by atoms with Crippen LogP contribution in [0.3, 0.4) is 0 Å². The molecule has 1 aliphatic heterocycles. The standard InChI is InChI=1S/C16H26N2O2S/c1-12-4-5-14(10-17)11-18(12)13(2)15-6-8-16(9-7-15)21(3,19)20/h6-9,12-14H,4-5,10-11,17H2,1-3H3. The Morgan fingerprint density at radius 3 is 2.43 bits per heavy atom. The lowest BCUT2D eigenvalue weighted by Crippen LogP contribution is -2.44. The van der Waals surface area contributed by atoms with Crippen molar-refractivity contribution in [2.75, 3.05) is 19.3 Å². The maximum Gasteiger partial charge on any atom is 0.175 e. The Morgan fingerprint density at radius 2 is 1.90 bits per heavy atom. The molecule has 3 unspecified atom stereocenters. The van der Waals surface area contributed by atoms with Crippen molar-refractivity contribution in [3.63, 3.8) is 0 Å². The van der Waals surface area contributed by atoms with E-state index < -0.39 is 9.84 Å². The SMILES string of the molecule is CC1CCC(CN)CN1C(C)c1ccc(S(C)(=O)=O)cc1. The Balaban J connectivity index is 2.17. The summed E-state index contributed by atoms with van der Waals surface area (Å²) in [6, 6.07) is 8.09. The van der Waals surface area contributed by atoms with Gasteiger partial charge < -0.3 is 5.73 Å². The molecule has 5 heteroatoms. The molecular formula is C16H26N2O2S. The maximum atomic E-state index is 11.5. The van der Waals surface area contributed by atoms with Gasteiger partial charge in [-0.3, -0.25) is 4.90 Å². The van der Waals surface area contributed by atoms with E-state index in [2.05, 4.69) is 18.7 Å². The van der Waals surface area contributed by atoms with E-state index in [0.29, 0.717) is 16.9 Å². The van der Waals surface area contributed by atoms with E-state index in [9.17, 15) is 8.42 Å². The molecule has 1 saturated heterocycles. The van der Waals surface area contributed by atoms with E-state index in [4.69, 9.17) is 5.73 Å². The quantitative estimate of drug-likeness (QED) is 0.926. The van der Waals surface area contributed by atoms with Crippen molar-refractivity contribution in [1.29, 1.82) is 0 Å². The van der Waals surface area contributed by atoms with E-state index >= 15 is 0 Å². The van der Waals surface area contributed by atoms with Crippen LogP contribution >= 0.6 is 0 Å². The van der Waals surface area contributed by atoms with Crippen LogP contribution in [-0.4, -0.2) is 38.7 Å². The second-order valence-corrected chi connectivity index (χ2v) is 8.26. The Labute approximate surface area is 128 Å². The maximum absolute atomic E-state index is 11.5. The fraction of sp³-hybridized carbons (Fsp3) is 0.625. The van der Waals surface area contributed by atoms with Crippen molar-refractivity contribution < 1.29 is 8.42 Å². The summed E-state index contributed by atoms with van der Waals surface area (Å²) in [7, 11) is -3.12. The molecule has 1 fully saturated rings. The van der Waals surface area contributed by atoms with Crippen LogP contribution in [0.4, 0.5) is 0 Å². The number of rotatable bonds is 4. The molecule has 0 saturated carbocycles. The molecule has 0 aromatic heterocycles. The first-order chi connectivity index (χ1) is 9.82. The van der Waals surface area contributed by atoms with Gasteiger partial charge in [0, 0.05) is 24.9 Å². The number of likely N-dealkylation sites (tertiary alicyclic amines) is 1. The fourth-order valence-electron chi connectivity index (χ4n) is 3.13. The summed E-state index contributed by atoms with van der Waals surface area (Å²) >= 11 is 0. The average molecular weight is 310 g/mol. The third kappa shape index (κ3) is 3.84. The molecule has 0 spiro atoms. The monoisotopic (exact) mass is 310 g/mol. The number of piperidine rings is 1. The largest absolute Gasteiger partial charge is 0.330 e. The summed E-state index contributed by atoms with van der Waals surface area (Å²) in [6.45, 7) is 6.20. The second-order valence-electron chi connectivity index (χ2n) is 6.24. The molecule has 0 radical (unpaired) electrons. The number of benzene rings is 1. The Hall–Kier alpha value is -0.910. The summed E-state index contributed by atoms with van der Waals surface area (Å²) in [5.74, 6) is 0.568. The number of hydrogen-bond donors (Lipinski definition) is 1. The van der Waals surface area contributed by atoms with E-state index in [0.717, 1.165) is 18.7 Å². The Morgan fingerprint density at radius 1 is 1.29 bits per heavy atom. The lowest BCUT2D eigenvalue weighted by molar-refractivity contribution is 0.0812. The number of nitrogens with two attached hydrogens (primary N) is 1. The summed E-state index contributed by atoms with van der Waals surface area (Å²) in [4.78, 5) is 2.86. The predicted octanol–water partition coefficient (Wildman–Crippen LogP) is 2.21. The molecule has 1 aliphatic rings. The normalized spacial score (nSPS) is 25.7. The molecule has 1 aromatic carbocycles. The second kappa shape index (κ2) is 6.46. The van der Waals surface area contributed by atoms with Gasteiger partial charge in [-0.2, -0.15) is 0 Å². The molecular weight excluding hydrogens is 284 g/mol. The van der Waals surface area contributed by atoms with Gasteiger partial charge in [0.05, 0.1) is 4.90 Å². The van der Waals surface area contributed by atoms with Gasteiger partial charge in [0.15, 0.2) is 9.84 Å². The number of nitrogens with zero attached hydrogens (tertiary/aromatic N) is 1. The lowest BCUT2D eigenvalue weighted by Gasteiger charge is -2.41. The first kappa shape index (κ1) is 16.5. The zero-order chi connectivity index (χ0) is 15.6. The minimum atomic E-state index is -3.12. The molecule has 1 heterocycles. The first-order valence-electron chi connectivity index (χ1n) is 7.58. The third-order valence-electron chi connectivity index (χ3n) is 4.65. The van der Waals surface area contributed by atoms with E-state index in [1.807, 2.05) is 12.1 Å². The molecule has 1 aromatic rings. The highest BCUT2D eigenvalue weighted by Crippen LogP contribution is 2.30. The zero-order valence-electron chi connectivity index (χ0n) is 13.1. The van der Waals surface area contributed by atoms with Gasteiger partial charge in [0.1, 0.15) is 0 Å². The summed E-state index contributed by atoms with van der Waals surface area (Å²) in [5, 5.41) is 0. The topological polar surface area (TPSA) is 63.4 Å². The van der Waals surface area contributed by atoms with Crippen molar-refractivity contribution >= 4 is 9.84 Å². The smallest absolute Gasteiger partial charge is 0.175 e. The molecule has 21 heavy (non-hydrogen) atoms. The minimum absolute atomic E-state index is 0.281. The van der Waals surface area contributed by atoms with Crippen molar-refractivity contribution in [2.45, 2.75) is 43.7 Å². The third-order valence-corrected chi connectivity index (χ3v) is 5.78. The van der Waals surface area contributed by atoms with E-state index in [1.165, 1.54) is 19.1 Å². The molecule has 3 atom stereocenters. The number of hydrogen-bond acceptors (Lipinski definition) is 4. The lowest BCUT2D eigenvalue weighted by atomic mass is 9.91. The van der Waals surface area contributed by atoms with Crippen LogP contribution in [0.25, 0.3) is 0 Å². The van der Waals surface area contributed by atoms with E-state index in [1.54, 1.807) is 12.1 Å². The van der Waals surface area contributed by atoms with Gasteiger partial charge in [-0.15, -0.1) is 0 Å². The fourth-order valence-corrected chi connectivity index (χ4v) is 3.76. The van der Waals surface area contributed by atoms with Gasteiger partial charge in [-0.1, -0.05) is 12.1 Å². The highest BCUT2D eigenvalue weighted by molar-refractivity contribution is 7.90. The molecule has 0 aliphatic carbocycles. The van der Waals surface area contributed by atoms with Gasteiger partial charge in [-0.25, -0.2) is 8.42 Å². The van der Waals surface area contributed by atoms with Crippen LogP contribution in [0.1, 0.15) is 38.3 Å². The van der Waals surface area contributed by atoms with Crippen LogP contribution in [0.2, 0.25) is 0 Å². The van der Waals surface area contributed by atoms with E-state index in [-0.39, 0.29) is 6.04 Å². The molecule has 0 bridgehead atoms. The average Bonchev–Trinajstić information content (AvgIpc) is 2.46. The van der Waals surface area contributed by atoms with Crippen LogP contribution in [0.15, 0.2) is 29.2 Å². The van der Waals surface area contributed by atoms with Crippen LogP contribution in [0, 0.1) is 5.92 Å². The molecule has 2 N–H and O–H groups in total. The Bertz CT molecular complexity index is 568. The molecule has 2 rings (SSSR count). The molecule has 4 nitrogen and oxygen atoms in total. The highest BCUT2D eigenvalue weighted by Gasteiger charge is 2.28. The van der Waals surface area contributed by atoms with Crippen molar-refractivity contribution in [3.05, 3.63) is 29.8 Å². The highest BCUT2D eigenvalue weighted by atomic mass is 32.2. The molecule has 0 amide bonds. The zero-order valence-corrected chi connectivity index (χ0v) is 13.9. The van der Waals surface area contributed by atoms with Crippen molar-refractivity contribution in [3.8, 4) is 0 Å². The summed E-state index contributed by atoms with van der Waals surface area (Å²) in [5.41, 5.74) is 6.98. The van der Waals surface area contributed by atoms with Gasteiger partial charge in [0.25, 0.3) is 0 Å². The number of sulfone groups is 1. The minimum Gasteiger partial charge on any atom is -0.330 e. The van der Waals surface area contributed by atoms with Crippen LogP contribution < -0.4 is 5.73 Å². The van der Waals surface area contributed by atoms with Gasteiger partial charge in [0.2, 0.25) is 0 Å². The first-order valence-corrected chi connectivity index (χ1v) is 9.48. The predicted molar refractivity (Wildman–Crippen MR) is 85.9 cm³/mol. The van der Waals surface area contributed by atoms with Gasteiger partial charge >= 0.3 is 0 Å². The van der Waals surface area contributed by atoms with Crippen LogP contribution in [-0.2, 0) is 9.84 Å². The Kier molecular flexibility index (Phi) is 5.07. The summed E-state index contributed by atoms with van der Waals surface area (Å²) in [6.07, 6.45) is 3.62. The van der Waals surface area contributed by atoms with Crippen molar-refractivity contribution in [2.24, 2.45) is 11.7 Å². The van der Waals surface area contributed by atoms with Crippen molar-refractivity contribution in [1.82, 2.24) is 4.90 Å². The molecule has 118 valence electrons. The van der Waals surface area contributed by atoms with Crippen LogP contribution in [0.5, 0.6) is 0 Å². The van der Waals surface area contributed by atoms with Gasteiger partial charge in [-0.05, 0) is 56.8 Å².